The summed E-state index contributed by atoms with van der Waals surface area (Å²) in [4.78, 5) is 19.0. The van der Waals surface area contributed by atoms with Crippen molar-refractivity contribution >= 4 is 43.6 Å². The fourth-order valence-electron chi connectivity index (χ4n) is 3.70. The van der Waals surface area contributed by atoms with Crippen molar-refractivity contribution in [1.82, 2.24) is 20.0 Å². The third-order valence-corrected chi connectivity index (χ3v) is 8.20. The molecule has 1 amide bonds. The molecule has 0 saturated carbocycles. The number of aromatic nitrogens is 2. The van der Waals surface area contributed by atoms with Crippen LogP contribution < -0.4 is 10.0 Å². The summed E-state index contributed by atoms with van der Waals surface area (Å²) in [6.45, 7) is 6.26. The average molecular weight is 644 g/mol. The predicted octanol–water partition coefficient (Wildman–Crippen LogP) is 7.05. The number of nitrogens with one attached hydrogen (secondary N) is 3. The monoisotopic (exact) mass is 642 g/mol. The van der Waals surface area contributed by atoms with Crippen LogP contribution in [-0.4, -0.2) is 43.2 Å². The molecule has 0 saturated heterocycles. The molecule has 0 aliphatic carbocycles. The van der Waals surface area contributed by atoms with E-state index in [4.69, 9.17) is 16.3 Å². The van der Waals surface area contributed by atoms with Gasteiger partial charge in [-0.15, -0.1) is 0 Å². The van der Waals surface area contributed by atoms with E-state index in [9.17, 15) is 17.6 Å². The number of carbonyl (C=O) groups excluding carboxylic acids is 1. The van der Waals surface area contributed by atoms with Crippen molar-refractivity contribution in [3.63, 3.8) is 0 Å². The minimum absolute atomic E-state index is 0.0393. The number of imidazole rings is 1. The molecule has 0 bridgehead atoms. The summed E-state index contributed by atoms with van der Waals surface area (Å²) in [6, 6.07) is 9.38. The van der Waals surface area contributed by atoms with Crippen molar-refractivity contribution in [1.29, 1.82) is 0 Å². The molecule has 1 aromatic heterocycles. The number of sulfonamides is 1. The largest absolute Gasteiger partial charge is 0.444 e. The number of amides is 1. The number of benzene rings is 2. The number of nitrogens with zero attached hydrogens (tertiary/aromatic N) is 1. The Labute approximate surface area is 242 Å². The van der Waals surface area contributed by atoms with E-state index in [-0.39, 0.29) is 16.5 Å². The summed E-state index contributed by atoms with van der Waals surface area (Å²) in [5, 5.41) is 2.83. The van der Waals surface area contributed by atoms with E-state index in [0.29, 0.717) is 40.1 Å². The minimum atomic E-state index is -3.84. The number of rotatable bonds is 12. The van der Waals surface area contributed by atoms with Gasteiger partial charge in [0.15, 0.2) is 0 Å². The second-order valence-electron chi connectivity index (χ2n) is 10.0. The van der Waals surface area contributed by atoms with E-state index in [0.717, 1.165) is 25.7 Å². The number of alkyl carbamates (subject to hydrolysis) is 1. The van der Waals surface area contributed by atoms with Gasteiger partial charge in [0, 0.05) is 24.2 Å². The minimum Gasteiger partial charge on any atom is -0.444 e. The van der Waals surface area contributed by atoms with Crippen LogP contribution in [0.25, 0.3) is 22.6 Å². The normalized spacial score (nSPS) is 11.9. The highest BCUT2D eigenvalue weighted by atomic mass is 79.9. The first-order valence-electron chi connectivity index (χ1n) is 12.6. The summed E-state index contributed by atoms with van der Waals surface area (Å²) in [5.74, 6) is 0.0346. The van der Waals surface area contributed by atoms with Crippen molar-refractivity contribution in [2.45, 2.75) is 63.4 Å². The molecule has 8 nitrogen and oxygen atoms in total. The summed E-state index contributed by atoms with van der Waals surface area (Å²) in [6.07, 6.45) is 5.29. The molecule has 39 heavy (non-hydrogen) atoms. The van der Waals surface area contributed by atoms with Crippen LogP contribution in [-0.2, 0) is 14.8 Å². The molecule has 2 aromatic carbocycles. The molecule has 0 atom stereocenters. The van der Waals surface area contributed by atoms with Crippen LogP contribution in [0.3, 0.4) is 0 Å². The van der Waals surface area contributed by atoms with Gasteiger partial charge in [0.05, 0.1) is 21.4 Å². The molecule has 0 aliphatic heterocycles. The van der Waals surface area contributed by atoms with Crippen LogP contribution in [0, 0.1) is 5.82 Å². The van der Waals surface area contributed by atoms with Crippen molar-refractivity contribution in [2.75, 3.05) is 13.1 Å². The van der Waals surface area contributed by atoms with Gasteiger partial charge in [-0.3, -0.25) is 0 Å². The Kier molecular flexibility index (Phi) is 10.9. The third kappa shape index (κ3) is 9.59. The van der Waals surface area contributed by atoms with Crippen molar-refractivity contribution in [3.8, 4) is 22.6 Å². The van der Waals surface area contributed by atoms with Gasteiger partial charge in [0.1, 0.15) is 22.1 Å². The summed E-state index contributed by atoms with van der Waals surface area (Å²) in [7, 11) is -3.84. The third-order valence-electron chi connectivity index (χ3n) is 5.61. The maximum Gasteiger partial charge on any atom is 0.407 e. The predicted molar refractivity (Wildman–Crippen MR) is 155 cm³/mol. The molecule has 3 aromatic rings. The molecule has 0 spiro atoms. The number of hydrogen-bond donors (Lipinski definition) is 3. The quantitative estimate of drug-likeness (QED) is 0.183. The Morgan fingerprint density at radius 1 is 1.05 bits per heavy atom. The van der Waals surface area contributed by atoms with Crippen LogP contribution in [0.2, 0.25) is 5.02 Å². The fraction of sp³-hybridized carbons (Fsp3) is 0.407. The van der Waals surface area contributed by atoms with Crippen LogP contribution in [0.5, 0.6) is 0 Å². The lowest BCUT2D eigenvalue weighted by atomic mass is 10.1. The van der Waals surface area contributed by atoms with Crippen molar-refractivity contribution in [2.24, 2.45) is 0 Å². The van der Waals surface area contributed by atoms with Gasteiger partial charge in [-0.25, -0.2) is 27.3 Å². The van der Waals surface area contributed by atoms with Gasteiger partial charge >= 0.3 is 6.09 Å². The number of halogens is 3. The maximum absolute atomic E-state index is 13.9. The van der Waals surface area contributed by atoms with Crippen molar-refractivity contribution < 1.29 is 22.3 Å². The first kappa shape index (κ1) is 31.1. The number of H-pyrrole nitrogens is 1. The van der Waals surface area contributed by atoms with Gasteiger partial charge in [0.25, 0.3) is 0 Å². The van der Waals surface area contributed by atoms with Gasteiger partial charge in [-0.1, -0.05) is 36.9 Å². The standard InChI is InChI=1S/C27H33BrClFN4O4S/c1-27(2,3)38-26(35)31-13-7-5-4-6-8-14-33-39(36,37)24-16-19(10-12-21(24)29)25-32-17-23(34-25)18-9-11-20(28)22(30)15-18/h9-12,15-17,33H,4-8,13-14H2,1-3H3,(H,31,35)(H,32,34). The van der Waals surface area contributed by atoms with E-state index in [1.807, 2.05) is 20.8 Å². The van der Waals surface area contributed by atoms with Crippen molar-refractivity contribution in [3.05, 3.63) is 57.9 Å². The molecule has 1 heterocycles. The van der Waals surface area contributed by atoms with E-state index < -0.39 is 27.5 Å². The van der Waals surface area contributed by atoms with Gasteiger partial charge in [-0.2, -0.15) is 0 Å². The van der Waals surface area contributed by atoms with E-state index >= 15 is 0 Å². The Hall–Kier alpha value is -2.47. The summed E-state index contributed by atoms with van der Waals surface area (Å²) >= 11 is 9.37. The summed E-state index contributed by atoms with van der Waals surface area (Å²) in [5.41, 5.74) is 1.21. The molecule has 12 heteroatoms. The highest BCUT2D eigenvalue weighted by molar-refractivity contribution is 9.10. The molecule has 0 unspecified atom stereocenters. The number of unbranched alkanes of at least 4 members (excludes halogenated alkanes) is 4. The molecule has 0 fully saturated rings. The first-order chi connectivity index (χ1) is 18.4. The molecular formula is C27H33BrClFN4O4S. The summed E-state index contributed by atoms with van der Waals surface area (Å²) < 4.78 is 48.0. The average Bonchev–Trinajstić information content (AvgIpc) is 3.34. The number of hydrogen-bond acceptors (Lipinski definition) is 5. The Balaban J connectivity index is 1.48. The van der Waals surface area contributed by atoms with Crippen LogP contribution in [0.1, 0.15) is 52.9 Å². The lowest BCUT2D eigenvalue weighted by Crippen LogP contribution is -2.32. The molecule has 3 N–H and O–H groups in total. The van der Waals surface area contributed by atoms with Gasteiger partial charge in [-0.05, 0) is 79.9 Å². The Morgan fingerprint density at radius 2 is 1.72 bits per heavy atom. The molecule has 212 valence electrons. The maximum atomic E-state index is 13.9. The van der Waals surface area contributed by atoms with Gasteiger partial charge < -0.3 is 15.0 Å². The van der Waals surface area contributed by atoms with E-state index in [2.05, 4.69) is 35.9 Å². The van der Waals surface area contributed by atoms with E-state index in [1.54, 1.807) is 24.4 Å². The second-order valence-corrected chi connectivity index (χ2v) is 13.0. The number of carbonyl (C=O) groups is 1. The fourth-order valence-corrected chi connectivity index (χ4v) is 5.55. The highest BCUT2D eigenvalue weighted by Crippen LogP contribution is 2.29. The zero-order chi connectivity index (χ0) is 28.6. The Bertz CT molecular complexity index is 1390. The lowest BCUT2D eigenvalue weighted by molar-refractivity contribution is 0.0527. The van der Waals surface area contributed by atoms with Gasteiger partial charge in [0.2, 0.25) is 10.0 Å². The van der Waals surface area contributed by atoms with E-state index in [1.165, 1.54) is 18.2 Å². The molecule has 0 radical (unpaired) electrons. The second kappa shape index (κ2) is 13.7. The number of aromatic amines is 1. The Morgan fingerprint density at radius 3 is 2.41 bits per heavy atom. The highest BCUT2D eigenvalue weighted by Gasteiger charge is 2.20. The zero-order valence-electron chi connectivity index (χ0n) is 22.1. The van der Waals surface area contributed by atoms with Crippen LogP contribution >= 0.6 is 27.5 Å². The molecular weight excluding hydrogens is 611 g/mol. The van der Waals surface area contributed by atoms with Crippen LogP contribution in [0.4, 0.5) is 9.18 Å². The molecule has 3 rings (SSSR count). The SMILES string of the molecule is CC(C)(C)OC(=O)NCCCCCCCNS(=O)(=O)c1cc(-c2ncc(-c3ccc(Br)c(F)c3)[nH]2)ccc1Cl. The lowest BCUT2D eigenvalue weighted by Gasteiger charge is -2.19. The first-order valence-corrected chi connectivity index (χ1v) is 15.3. The number of ether oxygens (including phenoxy) is 1. The zero-order valence-corrected chi connectivity index (χ0v) is 25.3. The van der Waals surface area contributed by atoms with Crippen LogP contribution in [0.15, 0.2) is 52.0 Å². The molecule has 0 aliphatic rings. The smallest absolute Gasteiger partial charge is 0.407 e. The topological polar surface area (TPSA) is 113 Å².